The van der Waals surface area contributed by atoms with Crippen LogP contribution in [-0.2, 0) is 10.1 Å². The molecule has 0 aliphatic carbocycles. The van der Waals surface area contributed by atoms with Gasteiger partial charge in [-0.25, -0.2) is 4.39 Å². The highest BCUT2D eigenvalue weighted by Crippen LogP contribution is 2.30. The third-order valence-electron chi connectivity index (χ3n) is 2.51. The van der Waals surface area contributed by atoms with Crippen molar-refractivity contribution in [1.82, 2.24) is 0 Å². The predicted molar refractivity (Wildman–Crippen MR) is 79.5 cm³/mol. The Morgan fingerprint density at radius 1 is 1.14 bits per heavy atom. The van der Waals surface area contributed by atoms with E-state index in [1.54, 1.807) is 25.1 Å². The molecule has 0 bridgehead atoms. The zero-order chi connectivity index (χ0) is 15.5. The van der Waals surface area contributed by atoms with E-state index in [9.17, 15) is 12.8 Å². The first-order valence-electron chi connectivity index (χ1n) is 6.05. The van der Waals surface area contributed by atoms with Crippen molar-refractivity contribution < 1.29 is 21.7 Å². The number of hydrogen-bond acceptors (Lipinski definition) is 4. The number of benzene rings is 2. The van der Waals surface area contributed by atoms with E-state index in [-0.39, 0.29) is 11.5 Å². The van der Waals surface area contributed by atoms with E-state index >= 15 is 0 Å². The van der Waals surface area contributed by atoms with Gasteiger partial charge in [-0.1, -0.05) is 28.1 Å². The summed E-state index contributed by atoms with van der Waals surface area (Å²) in [6.45, 7) is 2.12. The SMILES string of the molecule is CCOc1ccccc1OS(=O)(=O)c1cc(Br)ccc1F. The van der Waals surface area contributed by atoms with Crippen LogP contribution in [0.25, 0.3) is 0 Å². The summed E-state index contributed by atoms with van der Waals surface area (Å²) >= 11 is 3.10. The summed E-state index contributed by atoms with van der Waals surface area (Å²) in [6, 6.07) is 9.91. The van der Waals surface area contributed by atoms with Gasteiger partial charge in [0.1, 0.15) is 10.7 Å². The third kappa shape index (κ3) is 3.74. The van der Waals surface area contributed by atoms with Gasteiger partial charge in [-0.05, 0) is 37.3 Å². The molecule has 0 radical (unpaired) electrons. The molecule has 21 heavy (non-hydrogen) atoms. The molecule has 0 N–H and O–H groups in total. The van der Waals surface area contributed by atoms with Crippen LogP contribution in [0, 0.1) is 5.82 Å². The average Bonchev–Trinajstić information content (AvgIpc) is 2.43. The lowest BCUT2D eigenvalue weighted by Gasteiger charge is -2.12. The van der Waals surface area contributed by atoms with Crippen LogP contribution in [0.5, 0.6) is 11.5 Å². The molecule has 2 aromatic carbocycles. The topological polar surface area (TPSA) is 52.6 Å². The molecular formula is C14H12BrFO4S. The maximum Gasteiger partial charge on any atom is 0.342 e. The first kappa shape index (κ1) is 15.8. The number of hydrogen-bond donors (Lipinski definition) is 0. The summed E-state index contributed by atoms with van der Waals surface area (Å²) in [7, 11) is -4.29. The van der Waals surface area contributed by atoms with Gasteiger partial charge in [0, 0.05) is 4.47 Å². The van der Waals surface area contributed by atoms with Gasteiger partial charge in [-0.15, -0.1) is 0 Å². The van der Waals surface area contributed by atoms with E-state index in [1.165, 1.54) is 12.1 Å². The smallest absolute Gasteiger partial charge is 0.342 e. The van der Waals surface area contributed by atoms with Crippen molar-refractivity contribution in [3.05, 3.63) is 52.8 Å². The summed E-state index contributed by atoms with van der Waals surface area (Å²) in [4.78, 5) is -0.539. The van der Waals surface area contributed by atoms with Crippen molar-refractivity contribution in [3.8, 4) is 11.5 Å². The van der Waals surface area contributed by atoms with Crippen molar-refractivity contribution in [2.24, 2.45) is 0 Å². The largest absolute Gasteiger partial charge is 0.490 e. The molecule has 7 heteroatoms. The number of para-hydroxylation sites is 2. The van der Waals surface area contributed by atoms with Gasteiger partial charge < -0.3 is 8.92 Å². The van der Waals surface area contributed by atoms with Crippen LogP contribution < -0.4 is 8.92 Å². The third-order valence-corrected chi connectivity index (χ3v) is 4.25. The fraction of sp³-hybridized carbons (Fsp3) is 0.143. The highest BCUT2D eigenvalue weighted by Gasteiger charge is 2.23. The molecule has 2 aromatic rings. The van der Waals surface area contributed by atoms with Gasteiger partial charge in [0.05, 0.1) is 6.61 Å². The van der Waals surface area contributed by atoms with E-state index < -0.39 is 20.8 Å². The highest BCUT2D eigenvalue weighted by molar-refractivity contribution is 9.10. The first-order chi connectivity index (χ1) is 9.94. The lowest BCUT2D eigenvalue weighted by Crippen LogP contribution is -2.12. The van der Waals surface area contributed by atoms with E-state index in [4.69, 9.17) is 8.92 Å². The monoisotopic (exact) mass is 374 g/mol. The van der Waals surface area contributed by atoms with Crippen LogP contribution in [0.15, 0.2) is 51.8 Å². The minimum atomic E-state index is -4.29. The molecule has 0 aliphatic rings. The Hall–Kier alpha value is -1.60. The fourth-order valence-corrected chi connectivity index (χ4v) is 3.18. The molecule has 112 valence electrons. The second-order valence-corrected chi connectivity index (χ2v) is 6.42. The Balaban J connectivity index is 2.40. The summed E-state index contributed by atoms with van der Waals surface area (Å²) in [5.41, 5.74) is 0. The summed E-state index contributed by atoms with van der Waals surface area (Å²) in [5.74, 6) is -0.593. The van der Waals surface area contributed by atoms with Crippen molar-refractivity contribution in [3.63, 3.8) is 0 Å². The quantitative estimate of drug-likeness (QED) is 0.747. The molecule has 0 amide bonds. The van der Waals surface area contributed by atoms with Crippen molar-refractivity contribution in [2.45, 2.75) is 11.8 Å². The Morgan fingerprint density at radius 2 is 1.81 bits per heavy atom. The van der Waals surface area contributed by atoms with Crippen LogP contribution in [-0.4, -0.2) is 15.0 Å². The summed E-state index contributed by atoms with van der Waals surface area (Å²) < 4.78 is 48.8. The highest BCUT2D eigenvalue weighted by atomic mass is 79.9. The van der Waals surface area contributed by atoms with Gasteiger partial charge >= 0.3 is 10.1 Å². The van der Waals surface area contributed by atoms with Crippen LogP contribution >= 0.6 is 15.9 Å². The van der Waals surface area contributed by atoms with Gasteiger partial charge in [0.15, 0.2) is 11.5 Å². The second-order valence-electron chi connectivity index (χ2n) is 3.99. The zero-order valence-electron chi connectivity index (χ0n) is 11.0. The van der Waals surface area contributed by atoms with Gasteiger partial charge in [-0.3, -0.25) is 0 Å². The molecular weight excluding hydrogens is 363 g/mol. The van der Waals surface area contributed by atoms with Crippen LogP contribution in [0.3, 0.4) is 0 Å². The summed E-state index contributed by atoms with van der Waals surface area (Å²) in [5, 5.41) is 0. The lowest BCUT2D eigenvalue weighted by molar-refractivity contribution is 0.327. The van der Waals surface area contributed by atoms with Gasteiger partial charge in [0.25, 0.3) is 0 Å². The maximum absolute atomic E-state index is 13.7. The Kier molecular flexibility index (Phi) is 4.84. The standard InChI is InChI=1S/C14H12BrFO4S/c1-2-19-12-5-3-4-6-13(12)20-21(17,18)14-9-10(15)7-8-11(14)16/h3-9H,2H2,1H3. The Morgan fingerprint density at radius 3 is 2.48 bits per heavy atom. The van der Waals surface area contributed by atoms with Crippen LogP contribution in [0.2, 0.25) is 0 Å². The molecule has 0 spiro atoms. The van der Waals surface area contributed by atoms with E-state index in [1.807, 2.05) is 0 Å². The minimum absolute atomic E-state index is 0.0127. The molecule has 4 nitrogen and oxygen atoms in total. The molecule has 0 heterocycles. The predicted octanol–water partition coefficient (Wildman–Crippen LogP) is 3.75. The van der Waals surface area contributed by atoms with Gasteiger partial charge in [0.2, 0.25) is 0 Å². The number of rotatable bonds is 5. The van der Waals surface area contributed by atoms with Crippen molar-refractivity contribution in [2.75, 3.05) is 6.61 Å². The lowest BCUT2D eigenvalue weighted by atomic mass is 10.3. The molecule has 2 rings (SSSR count). The fourth-order valence-electron chi connectivity index (χ4n) is 1.63. The molecule has 0 fully saturated rings. The normalized spacial score (nSPS) is 11.2. The van der Waals surface area contributed by atoms with Gasteiger partial charge in [-0.2, -0.15) is 8.42 Å². The molecule has 0 unspecified atom stereocenters. The van der Waals surface area contributed by atoms with E-state index in [0.717, 1.165) is 12.1 Å². The molecule has 0 atom stereocenters. The Labute approximate surface area is 130 Å². The average molecular weight is 375 g/mol. The zero-order valence-corrected chi connectivity index (χ0v) is 13.4. The summed E-state index contributed by atoms with van der Waals surface area (Å²) in [6.07, 6.45) is 0. The van der Waals surface area contributed by atoms with E-state index in [2.05, 4.69) is 15.9 Å². The molecule has 0 saturated heterocycles. The maximum atomic E-state index is 13.7. The Bertz CT molecular complexity index is 746. The number of ether oxygens (including phenoxy) is 1. The second kappa shape index (κ2) is 6.44. The molecule has 0 saturated carbocycles. The van der Waals surface area contributed by atoms with Crippen LogP contribution in [0.1, 0.15) is 6.92 Å². The van der Waals surface area contributed by atoms with Crippen molar-refractivity contribution >= 4 is 26.0 Å². The minimum Gasteiger partial charge on any atom is -0.490 e. The molecule has 0 aliphatic heterocycles. The molecule has 0 aromatic heterocycles. The number of halogens is 2. The van der Waals surface area contributed by atoms with E-state index in [0.29, 0.717) is 11.1 Å². The first-order valence-corrected chi connectivity index (χ1v) is 8.25. The van der Waals surface area contributed by atoms with Crippen molar-refractivity contribution in [1.29, 1.82) is 0 Å². The van der Waals surface area contributed by atoms with Crippen LogP contribution in [0.4, 0.5) is 4.39 Å².